The molecule has 2 unspecified atom stereocenters. The van der Waals surface area contributed by atoms with Crippen molar-refractivity contribution >= 4 is 11.4 Å². The second-order valence-corrected chi connectivity index (χ2v) is 10.9. The summed E-state index contributed by atoms with van der Waals surface area (Å²) in [6.07, 6.45) is 2.66. The Morgan fingerprint density at radius 1 is 1.17 bits per heavy atom. The number of rotatable bonds is 5. The van der Waals surface area contributed by atoms with Crippen molar-refractivity contribution in [3.05, 3.63) is 76.6 Å². The van der Waals surface area contributed by atoms with Crippen molar-refractivity contribution in [3.8, 4) is 16.9 Å². The molecule has 1 aliphatic heterocycles. The van der Waals surface area contributed by atoms with E-state index in [4.69, 9.17) is 10.5 Å². The summed E-state index contributed by atoms with van der Waals surface area (Å²) in [6, 6.07) is 6.68. The van der Waals surface area contributed by atoms with Gasteiger partial charge in [-0.15, -0.1) is 0 Å². The summed E-state index contributed by atoms with van der Waals surface area (Å²) in [5.74, 6) is -1.25. The Kier molecular flexibility index (Phi) is 5.51. The predicted octanol–water partition coefficient (Wildman–Crippen LogP) is 2.66. The van der Waals surface area contributed by atoms with Gasteiger partial charge in [-0.05, 0) is 62.4 Å². The van der Waals surface area contributed by atoms with Gasteiger partial charge in [-0.2, -0.15) is 13.9 Å². The fourth-order valence-corrected chi connectivity index (χ4v) is 6.47. The fraction of sp³-hybridized carbons (Fsp3) is 0.357. The maximum absolute atomic E-state index is 13.5. The second kappa shape index (κ2) is 8.73. The molecule has 7 rings (SSSR count). The van der Waals surface area contributed by atoms with Gasteiger partial charge in [-0.25, -0.2) is 14.5 Å². The zero-order chi connectivity index (χ0) is 28.8. The minimum Gasteiger partial charge on any atom is -0.434 e. The molecule has 0 saturated heterocycles. The van der Waals surface area contributed by atoms with Crippen molar-refractivity contribution in [1.82, 2.24) is 24.5 Å². The molecule has 1 amide bonds. The number of nitrogens with two attached hydrogens (primary N) is 1. The van der Waals surface area contributed by atoms with Crippen molar-refractivity contribution in [1.29, 1.82) is 0 Å². The number of alkyl halides is 2. The Balaban J connectivity index is 1.42. The first-order valence-electron chi connectivity index (χ1n) is 13.2. The Bertz CT molecular complexity index is 1730. The highest BCUT2D eigenvalue weighted by Gasteiger charge is 2.52. The van der Waals surface area contributed by atoms with Crippen LogP contribution in [-0.2, 0) is 5.54 Å². The monoisotopic (exact) mass is 564 g/mol. The lowest BCUT2D eigenvalue weighted by Gasteiger charge is -2.36. The Morgan fingerprint density at radius 3 is 2.61 bits per heavy atom. The van der Waals surface area contributed by atoms with Crippen molar-refractivity contribution in [2.24, 2.45) is 5.73 Å². The quantitative estimate of drug-likeness (QED) is 0.267. The Morgan fingerprint density at radius 2 is 1.95 bits per heavy atom. The summed E-state index contributed by atoms with van der Waals surface area (Å²) in [4.78, 5) is 23.2. The molecule has 3 aromatic heterocycles. The number of aliphatic hydroxyl groups is 3. The minimum atomic E-state index is -3.53. The first-order chi connectivity index (χ1) is 19.5. The highest BCUT2D eigenvalue weighted by atomic mass is 19.3. The van der Waals surface area contributed by atoms with Gasteiger partial charge in [0.25, 0.3) is 5.91 Å². The van der Waals surface area contributed by atoms with Crippen molar-refractivity contribution in [2.75, 3.05) is 0 Å². The first kappa shape index (κ1) is 25.9. The van der Waals surface area contributed by atoms with E-state index >= 15 is 0 Å². The summed E-state index contributed by atoms with van der Waals surface area (Å²) >= 11 is 0. The molecule has 5 N–H and O–H groups in total. The van der Waals surface area contributed by atoms with E-state index in [1.807, 2.05) is 19.1 Å². The third-order valence-corrected chi connectivity index (χ3v) is 8.52. The molecule has 2 bridgehead atoms. The zero-order valence-electron chi connectivity index (χ0n) is 21.8. The molecule has 11 nitrogen and oxygen atoms in total. The maximum Gasteiger partial charge on any atom is 0.387 e. The average molecular weight is 565 g/mol. The van der Waals surface area contributed by atoms with Gasteiger partial charge in [0.2, 0.25) is 0 Å². The molecule has 3 aliphatic rings. The number of halogens is 2. The number of benzene rings is 1. The van der Waals surface area contributed by atoms with Crippen LogP contribution in [0.3, 0.4) is 0 Å². The molecular weight excluding hydrogens is 538 g/mol. The number of carbonyl (C=O) groups is 1. The number of nitrogens with zero attached hydrogens (tertiary/aromatic N) is 5. The van der Waals surface area contributed by atoms with Gasteiger partial charge in [-0.1, -0.05) is 6.07 Å². The third kappa shape index (κ3) is 3.84. The van der Waals surface area contributed by atoms with Crippen LogP contribution in [0.4, 0.5) is 8.78 Å². The van der Waals surface area contributed by atoms with Crippen LogP contribution in [0.5, 0.6) is 5.75 Å². The molecule has 1 fully saturated rings. The Labute approximate surface area is 231 Å². The smallest absolute Gasteiger partial charge is 0.387 e. The van der Waals surface area contributed by atoms with E-state index in [9.17, 15) is 28.9 Å². The van der Waals surface area contributed by atoms with Crippen LogP contribution < -0.4 is 10.5 Å². The van der Waals surface area contributed by atoms with E-state index in [0.717, 1.165) is 36.1 Å². The highest BCUT2D eigenvalue weighted by molar-refractivity contribution is 5.98. The van der Waals surface area contributed by atoms with Crippen LogP contribution in [0, 0.1) is 6.92 Å². The zero-order valence-corrected chi connectivity index (χ0v) is 21.8. The number of ether oxygens (including phenoxy) is 1. The number of hydrogen-bond donors (Lipinski definition) is 4. The number of aryl methyl sites for hydroxylation is 1. The molecule has 4 aromatic rings. The molecule has 13 heteroatoms. The lowest BCUT2D eigenvalue weighted by molar-refractivity contribution is -0.385. The van der Waals surface area contributed by atoms with Crippen molar-refractivity contribution < 1.29 is 33.6 Å². The summed E-state index contributed by atoms with van der Waals surface area (Å²) in [7, 11) is 0. The second-order valence-electron chi connectivity index (χ2n) is 10.9. The highest BCUT2D eigenvalue weighted by Crippen LogP contribution is 2.55. The SMILES string of the molecule is Cc1nc(C2(N)CCC2)ncc1-c1ccn2nc3c(c2c1)C1CC3N(C(O)(O)O)C(=O)c2cccc(OC(F)F)c21. The van der Waals surface area contributed by atoms with E-state index in [-0.39, 0.29) is 23.3 Å². The molecule has 1 saturated carbocycles. The van der Waals surface area contributed by atoms with Crippen molar-refractivity contribution in [2.45, 2.75) is 62.8 Å². The summed E-state index contributed by atoms with van der Waals surface area (Å²) < 4.78 is 33.2. The molecule has 2 atom stereocenters. The minimum absolute atomic E-state index is 0.0552. The summed E-state index contributed by atoms with van der Waals surface area (Å²) in [6.45, 7) is -1.28. The van der Waals surface area contributed by atoms with Gasteiger partial charge < -0.3 is 25.8 Å². The number of amides is 1. The number of fused-ring (bicyclic) bond motifs is 9. The number of aromatic nitrogens is 4. The third-order valence-electron chi connectivity index (χ3n) is 8.52. The molecule has 0 radical (unpaired) electrons. The van der Waals surface area contributed by atoms with E-state index in [1.54, 1.807) is 16.9 Å². The lowest BCUT2D eigenvalue weighted by Crippen LogP contribution is -2.53. The van der Waals surface area contributed by atoms with Gasteiger partial charge in [0, 0.05) is 46.3 Å². The molecule has 2 aliphatic carbocycles. The van der Waals surface area contributed by atoms with Gasteiger partial charge in [0.1, 0.15) is 11.6 Å². The predicted molar refractivity (Wildman–Crippen MR) is 139 cm³/mol. The largest absolute Gasteiger partial charge is 0.434 e. The molecule has 4 heterocycles. The average Bonchev–Trinajstić information content (AvgIpc) is 3.39. The normalized spacial score (nSPS) is 21.1. The van der Waals surface area contributed by atoms with Crippen LogP contribution in [0.1, 0.15) is 76.3 Å². The number of carbonyl (C=O) groups excluding carboxylic acids is 1. The van der Waals surface area contributed by atoms with E-state index in [1.165, 1.54) is 18.2 Å². The van der Waals surface area contributed by atoms with Gasteiger partial charge in [0.15, 0.2) is 0 Å². The van der Waals surface area contributed by atoms with Crippen LogP contribution in [-0.4, -0.2) is 58.4 Å². The van der Waals surface area contributed by atoms with Crippen LogP contribution >= 0.6 is 0 Å². The summed E-state index contributed by atoms with van der Waals surface area (Å²) in [5, 5.41) is 35.3. The molecule has 0 spiro atoms. The summed E-state index contributed by atoms with van der Waals surface area (Å²) in [5.41, 5.74) is 9.77. The Hall–Kier alpha value is -4.04. The van der Waals surface area contributed by atoms with E-state index < -0.39 is 36.1 Å². The molecule has 212 valence electrons. The topological polar surface area (TPSA) is 159 Å². The van der Waals surface area contributed by atoms with Crippen LogP contribution in [0.15, 0.2) is 42.7 Å². The number of pyridine rings is 1. The fourth-order valence-electron chi connectivity index (χ4n) is 6.47. The van der Waals surface area contributed by atoms with Crippen LogP contribution in [0.25, 0.3) is 16.6 Å². The van der Waals surface area contributed by atoms with Crippen LogP contribution in [0.2, 0.25) is 0 Å². The van der Waals surface area contributed by atoms with E-state index in [0.29, 0.717) is 27.5 Å². The van der Waals surface area contributed by atoms with E-state index in [2.05, 4.69) is 15.1 Å². The molecule has 41 heavy (non-hydrogen) atoms. The van der Waals surface area contributed by atoms with Gasteiger partial charge in [-0.3, -0.25) is 9.69 Å². The maximum atomic E-state index is 13.5. The molecular formula is C28H26F2N6O5. The van der Waals surface area contributed by atoms with Crippen molar-refractivity contribution in [3.63, 3.8) is 0 Å². The van der Waals surface area contributed by atoms with Gasteiger partial charge in [0.05, 0.1) is 22.8 Å². The standard InChI is InChI=1S/C28H26F2N6O5/c1-13-17(12-32-25(33-13)27(31)7-3-8-27)14-6-9-35-18(10-14)22-16-11-19(23(22)34-35)36(28(38,39)40)24(37)15-4-2-5-20(21(15)16)41-26(29)30/h2,4-6,9-10,12,16,19,26,38-40H,3,7-8,11,31H2,1H3. The lowest BCUT2D eigenvalue weighted by atomic mass is 9.77. The van der Waals surface area contributed by atoms with Gasteiger partial charge >= 0.3 is 12.7 Å². The number of hydrogen-bond acceptors (Lipinski definition) is 9. The first-order valence-corrected chi connectivity index (χ1v) is 13.2. The molecule has 1 aromatic carbocycles.